The van der Waals surface area contributed by atoms with Crippen LogP contribution in [0.4, 0.5) is 26.3 Å². The lowest BCUT2D eigenvalue weighted by Crippen LogP contribution is -2.47. The van der Waals surface area contributed by atoms with E-state index in [0.29, 0.717) is 32.6 Å². The highest BCUT2D eigenvalue weighted by Crippen LogP contribution is 2.43. The van der Waals surface area contributed by atoms with Crippen LogP contribution in [0.1, 0.15) is 49.4 Å². The van der Waals surface area contributed by atoms with E-state index in [1.807, 2.05) is 18.7 Å². The van der Waals surface area contributed by atoms with Crippen LogP contribution in [-0.2, 0) is 12.4 Å². The van der Waals surface area contributed by atoms with Crippen LogP contribution in [0.25, 0.3) is 0 Å². The topological polar surface area (TPSA) is 15.3 Å². The maximum Gasteiger partial charge on any atom is 0.416 e. The zero-order valence-corrected chi connectivity index (χ0v) is 14.8. The monoisotopic (exact) mass is 382 g/mol. The summed E-state index contributed by atoms with van der Waals surface area (Å²) in [6.07, 6.45) is -8.15. The number of alkyl halides is 6. The third-order valence-corrected chi connectivity index (χ3v) is 4.83. The first-order valence-corrected chi connectivity index (χ1v) is 8.78. The van der Waals surface area contributed by atoms with Crippen LogP contribution in [-0.4, -0.2) is 31.1 Å². The summed E-state index contributed by atoms with van der Waals surface area (Å²) < 4.78 is 79.6. The third-order valence-electron chi connectivity index (χ3n) is 4.83. The van der Waals surface area contributed by atoms with Gasteiger partial charge in [-0.1, -0.05) is 26.3 Å². The van der Waals surface area contributed by atoms with Crippen LogP contribution in [0.3, 0.4) is 0 Å². The number of hydrogen-bond acceptors (Lipinski definition) is 2. The standard InChI is InChI=1S/C18H24F6N2/c1-3-4-12(2)16(26-9-7-25-8-10-26)14-6-5-13(17(19,20)21)11-15(14)18(22,23)24/h5-6,11-12,16,25H,3-4,7-10H2,1-2H3/t12?,16-/m1/s1. The summed E-state index contributed by atoms with van der Waals surface area (Å²) in [6, 6.07) is 1.47. The number of nitrogens with zero attached hydrogens (tertiary/aromatic N) is 1. The summed E-state index contributed by atoms with van der Waals surface area (Å²) in [5.74, 6) is -0.101. The van der Waals surface area contributed by atoms with Gasteiger partial charge >= 0.3 is 12.4 Å². The quantitative estimate of drug-likeness (QED) is 0.713. The largest absolute Gasteiger partial charge is 0.416 e. The van der Waals surface area contributed by atoms with Gasteiger partial charge in [-0.2, -0.15) is 26.3 Å². The first-order valence-electron chi connectivity index (χ1n) is 8.78. The van der Waals surface area contributed by atoms with Crippen molar-refractivity contribution < 1.29 is 26.3 Å². The van der Waals surface area contributed by atoms with E-state index in [2.05, 4.69) is 5.32 Å². The summed E-state index contributed by atoms with van der Waals surface area (Å²) in [4.78, 5) is 1.95. The number of rotatable bonds is 5. The molecular weight excluding hydrogens is 358 g/mol. The Hall–Kier alpha value is -1.28. The van der Waals surface area contributed by atoms with Crippen molar-refractivity contribution in [3.05, 3.63) is 34.9 Å². The van der Waals surface area contributed by atoms with Crippen molar-refractivity contribution >= 4 is 0 Å². The van der Waals surface area contributed by atoms with Gasteiger partial charge in [-0.25, -0.2) is 0 Å². The molecule has 1 unspecified atom stereocenters. The molecule has 0 aliphatic carbocycles. The van der Waals surface area contributed by atoms with E-state index in [1.165, 1.54) is 0 Å². The predicted molar refractivity (Wildman–Crippen MR) is 87.7 cm³/mol. The Balaban J connectivity index is 2.54. The Labute approximate surface area is 149 Å². The van der Waals surface area contributed by atoms with Gasteiger partial charge in [0.15, 0.2) is 0 Å². The van der Waals surface area contributed by atoms with Crippen molar-refractivity contribution in [2.45, 2.75) is 45.1 Å². The summed E-state index contributed by atoms with van der Waals surface area (Å²) in [5.41, 5.74) is -2.51. The first kappa shape index (κ1) is 21.0. The van der Waals surface area contributed by atoms with E-state index in [0.717, 1.165) is 18.6 Å². The molecule has 1 saturated heterocycles. The van der Waals surface area contributed by atoms with Crippen LogP contribution in [0.15, 0.2) is 18.2 Å². The predicted octanol–water partition coefficient (Wildman–Crippen LogP) is 5.11. The number of nitrogens with one attached hydrogen (secondary N) is 1. The average molecular weight is 382 g/mol. The van der Waals surface area contributed by atoms with E-state index < -0.39 is 29.5 Å². The molecule has 1 aliphatic heterocycles. The second kappa shape index (κ2) is 8.17. The minimum Gasteiger partial charge on any atom is -0.314 e. The van der Waals surface area contributed by atoms with Crippen molar-refractivity contribution in [2.75, 3.05) is 26.2 Å². The lowest BCUT2D eigenvalue weighted by atomic mass is 9.85. The zero-order chi connectivity index (χ0) is 19.5. The van der Waals surface area contributed by atoms with Crippen molar-refractivity contribution in [2.24, 2.45) is 5.92 Å². The normalized spacial score (nSPS) is 19.4. The van der Waals surface area contributed by atoms with E-state index in [4.69, 9.17) is 0 Å². The summed E-state index contributed by atoms with van der Waals surface area (Å²) in [6.45, 7) is 6.25. The highest BCUT2D eigenvalue weighted by atomic mass is 19.4. The van der Waals surface area contributed by atoms with Gasteiger partial charge in [-0.3, -0.25) is 4.90 Å². The molecule has 1 N–H and O–H groups in total. The molecule has 1 fully saturated rings. The van der Waals surface area contributed by atoms with Gasteiger partial charge in [-0.15, -0.1) is 0 Å². The van der Waals surface area contributed by atoms with Crippen LogP contribution in [0, 0.1) is 5.92 Å². The second-order valence-corrected chi connectivity index (χ2v) is 6.79. The third kappa shape index (κ3) is 4.91. The fourth-order valence-electron chi connectivity index (χ4n) is 3.67. The zero-order valence-electron chi connectivity index (χ0n) is 14.8. The Morgan fingerprint density at radius 2 is 1.65 bits per heavy atom. The molecule has 8 heteroatoms. The smallest absolute Gasteiger partial charge is 0.314 e. The fourth-order valence-corrected chi connectivity index (χ4v) is 3.67. The number of piperazine rings is 1. The SMILES string of the molecule is CCCC(C)[C@H](c1ccc(C(F)(F)F)cc1C(F)(F)F)N1CCNCC1. The summed E-state index contributed by atoms with van der Waals surface area (Å²) in [7, 11) is 0. The molecule has 1 aliphatic rings. The highest BCUT2D eigenvalue weighted by Gasteiger charge is 2.41. The molecule has 1 aromatic rings. The molecule has 0 amide bonds. The van der Waals surface area contributed by atoms with Crippen LogP contribution in [0.2, 0.25) is 0 Å². The van der Waals surface area contributed by atoms with Gasteiger partial charge in [0, 0.05) is 32.2 Å². The molecule has 1 aromatic carbocycles. The molecular formula is C18H24F6N2. The van der Waals surface area contributed by atoms with Crippen molar-refractivity contribution in [3.63, 3.8) is 0 Å². The summed E-state index contributed by atoms with van der Waals surface area (Å²) in [5, 5.41) is 3.15. The molecule has 0 radical (unpaired) electrons. The lowest BCUT2D eigenvalue weighted by molar-refractivity contribution is -0.144. The maximum atomic E-state index is 13.6. The molecule has 148 valence electrons. The first-order chi connectivity index (χ1) is 12.1. The van der Waals surface area contributed by atoms with E-state index in [9.17, 15) is 26.3 Å². The number of halogens is 6. The molecule has 2 atom stereocenters. The minimum atomic E-state index is -4.84. The Kier molecular flexibility index (Phi) is 6.60. The molecule has 1 heterocycles. The van der Waals surface area contributed by atoms with Gasteiger partial charge < -0.3 is 5.32 Å². The van der Waals surface area contributed by atoms with Gasteiger partial charge in [0.25, 0.3) is 0 Å². The molecule has 2 nitrogen and oxygen atoms in total. The van der Waals surface area contributed by atoms with Crippen molar-refractivity contribution in [3.8, 4) is 0 Å². The molecule has 0 aromatic heterocycles. The second-order valence-electron chi connectivity index (χ2n) is 6.79. The molecule has 0 bridgehead atoms. The van der Waals surface area contributed by atoms with E-state index >= 15 is 0 Å². The van der Waals surface area contributed by atoms with Gasteiger partial charge in [0.05, 0.1) is 11.1 Å². The summed E-state index contributed by atoms with van der Waals surface area (Å²) >= 11 is 0. The lowest BCUT2D eigenvalue weighted by Gasteiger charge is -2.39. The fraction of sp³-hybridized carbons (Fsp3) is 0.667. The Morgan fingerprint density at radius 1 is 1.04 bits per heavy atom. The van der Waals surface area contributed by atoms with Crippen LogP contribution in [0.5, 0.6) is 0 Å². The Morgan fingerprint density at radius 3 is 2.15 bits per heavy atom. The van der Waals surface area contributed by atoms with Gasteiger partial charge in [0.2, 0.25) is 0 Å². The van der Waals surface area contributed by atoms with E-state index in [-0.39, 0.29) is 17.5 Å². The number of benzene rings is 1. The maximum absolute atomic E-state index is 13.6. The van der Waals surface area contributed by atoms with Crippen LogP contribution >= 0.6 is 0 Å². The number of hydrogen-bond donors (Lipinski definition) is 1. The molecule has 26 heavy (non-hydrogen) atoms. The molecule has 0 spiro atoms. The minimum absolute atomic E-state index is 0.0617. The van der Waals surface area contributed by atoms with Crippen molar-refractivity contribution in [1.82, 2.24) is 10.2 Å². The van der Waals surface area contributed by atoms with Gasteiger partial charge in [0.1, 0.15) is 0 Å². The van der Waals surface area contributed by atoms with E-state index in [1.54, 1.807) is 0 Å². The van der Waals surface area contributed by atoms with Gasteiger partial charge in [-0.05, 0) is 30.0 Å². The average Bonchev–Trinajstić information content (AvgIpc) is 2.54. The van der Waals surface area contributed by atoms with Crippen LogP contribution < -0.4 is 5.32 Å². The highest BCUT2D eigenvalue weighted by molar-refractivity contribution is 5.38. The molecule has 0 saturated carbocycles. The Bertz CT molecular complexity index is 590. The molecule has 2 rings (SSSR count). The van der Waals surface area contributed by atoms with Crippen molar-refractivity contribution in [1.29, 1.82) is 0 Å².